The molecule has 0 aromatic rings. The van der Waals surface area contributed by atoms with Gasteiger partial charge in [-0.25, -0.2) is 0 Å². The van der Waals surface area contributed by atoms with Gasteiger partial charge in [0.15, 0.2) is 0 Å². The van der Waals surface area contributed by atoms with E-state index < -0.39 is 0 Å². The molecule has 0 radical (unpaired) electrons. The molecule has 1 saturated carbocycles. The molecule has 0 saturated heterocycles. The number of rotatable bonds is 5. The third kappa shape index (κ3) is 4.08. The third-order valence-electron chi connectivity index (χ3n) is 3.41. The molecule has 0 heterocycles. The number of amidine groups is 1. The fraction of sp³-hybridized carbons (Fsp3) is 0.909. The smallest absolute Gasteiger partial charge is 0.140 e. The van der Waals surface area contributed by atoms with Crippen LogP contribution in [-0.2, 0) is 0 Å². The van der Waals surface area contributed by atoms with Gasteiger partial charge in [0.05, 0.1) is 0 Å². The molecule has 0 amide bonds. The van der Waals surface area contributed by atoms with Gasteiger partial charge in [0, 0.05) is 19.0 Å². The fourth-order valence-corrected chi connectivity index (χ4v) is 2.28. The Hall–Kier alpha value is -0.770. The van der Waals surface area contributed by atoms with Crippen molar-refractivity contribution in [1.29, 1.82) is 0 Å². The van der Waals surface area contributed by atoms with Crippen LogP contribution in [0.3, 0.4) is 0 Å². The maximum atomic E-state index is 8.49. The van der Waals surface area contributed by atoms with Crippen molar-refractivity contribution in [2.24, 2.45) is 16.8 Å². The van der Waals surface area contributed by atoms with E-state index in [1.807, 2.05) is 0 Å². The van der Waals surface area contributed by atoms with Crippen LogP contribution in [0.15, 0.2) is 5.16 Å². The zero-order valence-corrected chi connectivity index (χ0v) is 9.82. The second-order valence-electron chi connectivity index (χ2n) is 4.73. The minimum Gasteiger partial charge on any atom is -0.409 e. The fourth-order valence-electron chi connectivity index (χ4n) is 2.28. The van der Waals surface area contributed by atoms with Crippen molar-refractivity contribution >= 4 is 5.84 Å². The minimum atomic E-state index is 0.320. The summed E-state index contributed by atoms with van der Waals surface area (Å²) in [5.41, 5.74) is 5.49. The Balaban J connectivity index is 2.28. The molecule has 1 atom stereocenters. The van der Waals surface area contributed by atoms with E-state index in [2.05, 4.69) is 24.0 Å². The summed E-state index contributed by atoms with van der Waals surface area (Å²) in [6, 6.07) is 0.349. The number of hydrogen-bond donors (Lipinski definition) is 2. The molecule has 0 aromatic heterocycles. The van der Waals surface area contributed by atoms with Crippen molar-refractivity contribution in [1.82, 2.24) is 4.90 Å². The Morgan fingerprint density at radius 1 is 1.53 bits per heavy atom. The van der Waals surface area contributed by atoms with Gasteiger partial charge in [-0.05, 0) is 32.7 Å². The van der Waals surface area contributed by atoms with Crippen molar-refractivity contribution in [2.45, 2.75) is 45.1 Å². The predicted molar refractivity (Wildman–Crippen MR) is 62.1 cm³/mol. The van der Waals surface area contributed by atoms with Crippen molar-refractivity contribution in [3.8, 4) is 0 Å². The van der Waals surface area contributed by atoms with Gasteiger partial charge in [-0.3, -0.25) is 0 Å². The van der Waals surface area contributed by atoms with Gasteiger partial charge in [-0.2, -0.15) is 0 Å². The van der Waals surface area contributed by atoms with Crippen molar-refractivity contribution < 1.29 is 5.21 Å². The molecular weight excluding hydrogens is 190 g/mol. The first-order valence-corrected chi connectivity index (χ1v) is 5.80. The van der Waals surface area contributed by atoms with E-state index in [0.717, 1.165) is 12.5 Å². The highest BCUT2D eigenvalue weighted by molar-refractivity contribution is 5.80. The molecule has 4 nitrogen and oxygen atoms in total. The van der Waals surface area contributed by atoms with Gasteiger partial charge in [-0.1, -0.05) is 18.0 Å². The zero-order chi connectivity index (χ0) is 11.3. The Morgan fingerprint density at radius 2 is 2.13 bits per heavy atom. The molecule has 1 aliphatic rings. The number of nitrogens with zero attached hydrogens (tertiary/aromatic N) is 2. The Labute approximate surface area is 92.1 Å². The largest absolute Gasteiger partial charge is 0.409 e. The van der Waals surface area contributed by atoms with Crippen molar-refractivity contribution in [3.05, 3.63) is 0 Å². The van der Waals surface area contributed by atoms with E-state index in [1.165, 1.54) is 25.7 Å². The molecule has 0 aliphatic heterocycles. The second-order valence-corrected chi connectivity index (χ2v) is 4.73. The van der Waals surface area contributed by atoms with Crippen LogP contribution in [0.1, 0.15) is 39.0 Å². The SMILES string of the molecule is CC(CC(N)=NO)N(C)CC1CCCC1. The quantitative estimate of drug-likeness (QED) is 0.316. The number of hydrogen-bond acceptors (Lipinski definition) is 3. The highest BCUT2D eigenvalue weighted by atomic mass is 16.4. The van der Waals surface area contributed by atoms with Gasteiger partial charge in [-0.15, -0.1) is 0 Å². The van der Waals surface area contributed by atoms with E-state index >= 15 is 0 Å². The molecule has 0 spiro atoms. The van der Waals surface area contributed by atoms with Crippen LogP contribution in [0.4, 0.5) is 0 Å². The first-order chi connectivity index (χ1) is 7.13. The average Bonchev–Trinajstić information content (AvgIpc) is 2.70. The van der Waals surface area contributed by atoms with E-state index in [1.54, 1.807) is 0 Å². The number of nitrogens with two attached hydrogens (primary N) is 1. The normalized spacial score (nSPS) is 21.1. The lowest BCUT2D eigenvalue weighted by Gasteiger charge is -2.26. The van der Waals surface area contributed by atoms with Gasteiger partial charge >= 0.3 is 0 Å². The topological polar surface area (TPSA) is 61.9 Å². The van der Waals surface area contributed by atoms with Gasteiger partial charge in [0.2, 0.25) is 0 Å². The van der Waals surface area contributed by atoms with Crippen LogP contribution in [0, 0.1) is 5.92 Å². The summed E-state index contributed by atoms with van der Waals surface area (Å²) in [6.07, 6.45) is 6.13. The molecule has 1 aliphatic carbocycles. The summed E-state index contributed by atoms with van der Waals surface area (Å²) in [6.45, 7) is 3.26. The molecule has 0 aromatic carbocycles. The lowest BCUT2D eigenvalue weighted by Crippen LogP contribution is -2.36. The highest BCUT2D eigenvalue weighted by Crippen LogP contribution is 2.25. The van der Waals surface area contributed by atoms with Crippen LogP contribution < -0.4 is 5.73 Å². The Morgan fingerprint density at radius 3 is 2.67 bits per heavy atom. The van der Waals surface area contributed by atoms with Gasteiger partial charge in [0.1, 0.15) is 5.84 Å². The summed E-state index contributed by atoms with van der Waals surface area (Å²) in [4.78, 5) is 2.31. The molecule has 1 unspecified atom stereocenters. The molecular formula is C11H23N3O. The minimum absolute atomic E-state index is 0.320. The first kappa shape index (κ1) is 12.3. The van der Waals surface area contributed by atoms with E-state index in [9.17, 15) is 0 Å². The Kier molecular flexibility index (Phi) is 4.88. The standard InChI is InChI=1S/C11H23N3O/c1-9(7-11(12)13-15)14(2)8-10-5-3-4-6-10/h9-10,15H,3-8H2,1-2H3,(H2,12,13). The summed E-state index contributed by atoms with van der Waals surface area (Å²) in [5.74, 6) is 1.17. The lowest BCUT2D eigenvalue weighted by atomic mass is 10.1. The van der Waals surface area contributed by atoms with Crippen LogP contribution in [-0.4, -0.2) is 35.6 Å². The van der Waals surface area contributed by atoms with E-state index in [-0.39, 0.29) is 0 Å². The Bertz CT molecular complexity index is 212. The lowest BCUT2D eigenvalue weighted by molar-refractivity contribution is 0.221. The van der Waals surface area contributed by atoms with Crippen LogP contribution in [0.25, 0.3) is 0 Å². The van der Waals surface area contributed by atoms with Crippen LogP contribution >= 0.6 is 0 Å². The van der Waals surface area contributed by atoms with E-state index in [0.29, 0.717) is 18.3 Å². The molecule has 15 heavy (non-hydrogen) atoms. The molecule has 1 fully saturated rings. The molecule has 3 N–H and O–H groups in total. The maximum Gasteiger partial charge on any atom is 0.140 e. The summed E-state index contributed by atoms with van der Waals surface area (Å²) < 4.78 is 0. The molecule has 0 bridgehead atoms. The van der Waals surface area contributed by atoms with Gasteiger partial charge in [0.25, 0.3) is 0 Å². The second kappa shape index (κ2) is 5.95. The van der Waals surface area contributed by atoms with Crippen molar-refractivity contribution in [3.63, 3.8) is 0 Å². The monoisotopic (exact) mass is 213 g/mol. The maximum absolute atomic E-state index is 8.49. The van der Waals surface area contributed by atoms with Gasteiger partial charge < -0.3 is 15.8 Å². The average molecular weight is 213 g/mol. The van der Waals surface area contributed by atoms with Crippen LogP contribution in [0.2, 0.25) is 0 Å². The molecule has 88 valence electrons. The van der Waals surface area contributed by atoms with Crippen LogP contribution in [0.5, 0.6) is 0 Å². The molecule has 1 rings (SSSR count). The first-order valence-electron chi connectivity index (χ1n) is 5.80. The zero-order valence-electron chi connectivity index (χ0n) is 9.82. The highest BCUT2D eigenvalue weighted by Gasteiger charge is 2.19. The molecule has 4 heteroatoms. The van der Waals surface area contributed by atoms with E-state index in [4.69, 9.17) is 10.9 Å². The predicted octanol–water partition coefficient (Wildman–Crippen LogP) is 1.63. The number of oxime groups is 1. The summed E-state index contributed by atoms with van der Waals surface area (Å²) in [7, 11) is 2.12. The third-order valence-corrected chi connectivity index (χ3v) is 3.41. The summed E-state index contributed by atoms with van der Waals surface area (Å²) >= 11 is 0. The van der Waals surface area contributed by atoms with Crippen molar-refractivity contribution in [2.75, 3.05) is 13.6 Å². The summed E-state index contributed by atoms with van der Waals surface area (Å²) in [5, 5.41) is 11.5.